The summed E-state index contributed by atoms with van der Waals surface area (Å²) in [6, 6.07) is 8.85. The number of hydrogen-bond acceptors (Lipinski definition) is 5. The molecule has 2 amide bonds. The summed E-state index contributed by atoms with van der Waals surface area (Å²) < 4.78 is 0. The average molecular weight is 353 g/mol. The monoisotopic (exact) mass is 353 g/mol. The summed E-state index contributed by atoms with van der Waals surface area (Å²) in [5, 5.41) is 5.80. The van der Waals surface area contributed by atoms with Crippen LogP contribution in [-0.2, 0) is 4.79 Å². The highest BCUT2D eigenvalue weighted by molar-refractivity contribution is 5.92. The van der Waals surface area contributed by atoms with Crippen LogP contribution < -0.4 is 10.6 Å². The van der Waals surface area contributed by atoms with Crippen LogP contribution in [-0.4, -0.2) is 39.8 Å². The third-order valence-corrected chi connectivity index (χ3v) is 4.28. The standard InChI is InChI=1S/C19H23N5O2/c1-13-4-3-11-24(12-13)18(26)17-9-10-20-19(23-17)22-16-7-5-15(6-8-16)21-14(2)25/h5-10,13H,3-4,11-12H2,1-2H3,(H,21,25)(H,20,22,23). The number of rotatable bonds is 4. The van der Waals surface area contributed by atoms with Gasteiger partial charge in [0.2, 0.25) is 11.9 Å². The molecule has 3 rings (SSSR count). The van der Waals surface area contributed by atoms with Gasteiger partial charge in [0.25, 0.3) is 5.91 Å². The zero-order valence-electron chi connectivity index (χ0n) is 15.0. The lowest BCUT2D eigenvalue weighted by atomic mass is 10.00. The molecule has 2 N–H and O–H groups in total. The Hall–Kier alpha value is -2.96. The van der Waals surface area contributed by atoms with E-state index in [0.717, 1.165) is 31.6 Å². The molecule has 1 aliphatic heterocycles. The Morgan fingerprint density at radius 3 is 2.58 bits per heavy atom. The molecule has 0 aliphatic carbocycles. The predicted molar refractivity (Wildman–Crippen MR) is 100 cm³/mol. The van der Waals surface area contributed by atoms with Crippen molar-refractivity contribution >= 4 is 29.1 Å². The number of hydrogen-bond donors (Lipinski definition) is 2. The molecule has 7 nitrogen and oxygen atoms in total. The Morgan fingerprint density at radius 2 is 1.88 bits per heavy atom. The van der Waals surface area contributed by atoms with Gasteiger partial charge in [0.1, 0.15) is 5.69 Å². The molecular weight excluding hydrogens is 330 g/mol. The Labute approximate surface area is 152 Å². The maximum atomic E-state index is 12.7. The molecule has 0 saturated carbocycles. The van der Waals surface area contributed by atoms with E-state index in [9.17, 15) is 9.59 Å². The lowest BCUT2D eigenvalue weighted by Gasteiger charge is -2.30. The maximum absolute atomic E-state index is 12.7. The Kier molecular flexibility index (Phi) is 5.46. The van der Waals surface area contributed by atoms with Crippen molar-refractivity contribution in [3.63, 3.8) is 0 Å². The number of nitrogens with one attached hydrogen (secondary N) is 2. The second-order valence-electron chi connectivity index (χ2n) is 6.65. The third kappa shape index (κ3) is 4.56. The highest BCUT2D eigenvalue weighted by Crippen LogP contribution is 2.19. The molecule has 2 aromatic rings. The van der Waals surface area contributed by atoms with E-state index < -0.39 is 0 Å². The number of carbonyl (C=O) groups excluding carboxylic acids is 2. The molecule has 136 valence electrons. The van der Waals surface area contributed by atoms with Gasteiger partial charge in [-0.3, -0.25) is 9.59 Å². The zero-order valence-corrected chi connectivity index (χ0v) is 15.0. The number of benzene rings is 1. The van der Waals surface area contributed by atoms with E-state index in [1.54, 1.807) is 24.4 Å². The first-order chi connectivity index (χ1) is 12.5. The summed E-state index contributed by atoms with van der Waals surface area (Å²) >= 11 is 0. The van der Waals surface area contributed by atoms with Crippen LogP contribution in [0.1, 0.15) is 37.2 Å². The van der Waals surface area contributed by atoms with E-state index in [-0.39, 0.29) is 11.8 Å². The summed E-state index contributed by atoms with van der Waals surface area (Å²) in [4.78, 5) is 34.1. The van der Waals surface area contributed by atoms with Gasteiger partial charge in [-0.1, -0.05) is 6.92 Å². The number of piperidine rings is 1. The van der Waals surface area contributed by atoms with Crippen molar-refractivity contribution in [2.24, 2.45) is 5.92 Å². The number of amides is 2. The molecule has 1 aromatic carbocycles. The van der Waals surface area contributed by atoms with Gasteiger partial charge in [-0.2, -0.15) is 0 Å². The minimum Gasteiger partial charge on any atom is -0.337 e. The second kappa shape index (κ2) is 7.95. The fourth-order valence-electron chi connectivity index (χ4n) is 3.04. The van der Waals surface area contributed by atoms with Gasteiger partial charge in [-0.25, -0.2) is 9.97 Å². The van der Waals surface area contributed by atoms with Gasteiger partial charge in [0, 0.05) is 37.6 Å². The minimum absolute atomic E-state index is 0.0528. The van der Waals surface area contributed by atoms with Crippen LogP contribution in [0.4, 0.5) is 17.3 Å². The molecule has 1 atom stereocenters. The van der Waals surface area contributed by atoms with Crippen LogP contribution in [0.25, 0.3) is 0 Å². The number of anilines is 3. The molecule has 0 spiro atoms. The van der Waals surface area contributed by atoms with Crippen LogP contribution in [0.15, 0.2) is 36.5 Å². The molecular formula is C19H23N5O2. The highest BCUT2D eigenvalue weighted by Gasteiger charge is 2.23. The number of carbonyl (C=O) groups is 2. The van der Waals surface area contributed by atoms with Crippen LogP contribution in [0.2, 0.25) is 0 Å². The Morgan fingerprint density at radius 1 is 1.15 bits per heavy atom. The molecule has 1 saturated heterocycles. The Balaban J connectivity index is 1.69. The average Bonchev–Trinajstić information content (AvgIpc) is 2.62. The number of aromatic nitrogens is 2. The first kappa shape index (κ1) is 17.8. The van der Waals surface area contributed by atoms with Gasteiger partial charge in [-0.15, -0.1) is 0 Å². The quantitative estimate of drug-likeness (QED) is 0.882. The normalized spacial score (nSPS) is 16.8. The van der Waals surface area contributed by atoms with Gasteiger partial charge in [-0.05, 0) is 49.1 Å². The summed E-state index contributed by atoms with van der Waals surface area (Å²) in [6.07, 6.45) is 3.78. The lowest BCUT2D eigenvalue weighted by Crippen LogP contribution is -2.39. The fourth-order valence-corrected chi connectivity index (χ4v) is 3.04. The molecule has 2 heterocycles. The molecule has 1 aliphatic rings. The van der Waals surface area contributed by atoms with Crippen molar-refractivity contribution in [3.8, 4) is 0 Å². The SMILES string of the molecule is CC(=O)Nc1ccc(Nc2nccc(C(=O)N3CCCC(C)C3)n2)cc1. The maximum Gasteiger partial charge on any atom is 0.272 e. The van der Waals surface area contributed by atoms with Crippen molar-refractivity contribution in [1.82, 2.24) is 14.9 Å². The van der Waals surface area contributed by atoms with E-state index in [1.807, 2.05) is 17.0 Å². The fraction of sp³-hybridized carbons (Fsp3) is 0.368. The number of nitrogens with zero attached hydrogens (tertiary/aromatic N) is 3. The summed E-state index contributed by atoms with van der Waals surface area (Å²) in [5.74, 6) is 0.720. The molecule has 1 unspecified atom stereocenters. The van der Waals surface area contributed by atoms with E-state index in [0.29, 0.717) is 23.2 Å². The Bertz CT molecular complexity index is 791. The summed E-state index contributed by atoms with van der Waals surface area (Å²) in [7, 11) is 0. The predicted octanol–water partition coefficient (Wildman–Crippen LogP) is 3.05. The molecule has 1 aromatic heterocycles. The second-order valence-corrected chi connectivity index (χ2v) is 6.65. The lowest BCUT2D eigenvalue weighted by molar-refractivity contribution is -0.114. The van der Waals surface area contributed by atoms with Crippen LogP contribution in [0, 0.1) is 5.92 Å². The van der Waals surface area contributed by atoms with Gasteiger partial charge in [0.05, 0.1) is 0 Å². The topological polar surface area (TPSA) is 87.2 Å². The third-order valence-electron chi connectivity index (χ3n) is 4.28. The molecule has 0 bridgehead atoms. The van der Waals surface area contributed by atoms with Crippen LogP contribution in [0.3, 0.4) is 0 Å². The zero-order chi connectivity index (χ0) is 18.5. The van der Waals surface area contributed by atoms with Crippen molar-refractivity contribution in [2.75, 3.05) is 23.7 Å². The van der Waals surface area contributed by atoms with E-state index >= 15 is 0 Å². The molecule has 26 heavy (non-hydrogen) atoms. The van der Waals surface area contributed by atoms with E-state index in [2.05, 4.69) is 27.5 Å². The summed E-state index contributed by atoms with van der Waals surface area (Å²) in [5.41, 5.74) is 1.88. The van der Waals surface area contributed by atoms with Crippen LogP contribution in [0.5, 0.6) is 0 Å². The highest BCUT2D eigenvalue weighted by atomic mass is 16.2. The smallest absolute Gasteiger partial charge is 0.272 e. The summed E-state index contributed by atoms with van der Waals surface area (Å²) in [6.45, 7) is 5.18. The van der Waals surface area contributed by atoms with Crippen molar-refractivity contribution < 1.29 is 9.59 Å². The van der Waals surface area contributed by atoms with Gasteiger partial charge in [0.15, 0.2) is 0 Å². The molecule has 0 radical (unpaired) electrons. The minimum atomic E-state index is -0.118. The number of likely N-dealkylation sites (tertiary alicyclic amines) is 1. The van der Waals surface area contributed by atoms with Crippen molar-refractivity contribution in [3.05, 3.63) is 42.2 Å². The van der Waals surface area contributed by atoms with Crippen molar-refractivity contribution in [1.29, 1.82) is 0 Å². The van der Waals surface area contributed by atoms with Crippen LogP contribution >= 0.6 is 0 Å². The van der Waals surface area contributed by atoms with Crippen molar-refractivity contribution in [2.45, 2.75) is 26.7 Å². The van der Waals surface area contributed by atoms with E-state index in [1.165, 1.54) is 6.92 Å². The first-order valence-electron chi connectivity index (χ1n) is 8.78. The van der Waals surface area contributed by atoms with E-state index in [4.69, 9.17) is 0 Å². The largest absolute Gasteiger partial charge is 0.337 e. The van der Waals surface area contributed by atoms with Gasteiger partial charge < -0.3 is 15.5 Å². The molecule has 7 heteroatoms. The molecule has 1 fully saturated rings. The van der Waals surface area contributed by atoms with Gasteiger partial charge >= 0.3 is 0 Å². The first-order valence-corrected chi connectivity index (χ1v) is 8.78.